The van der Waals surface area contributed by atoms with Crippen LogP contribution >= 0.6 is 22.9 Å². The van der Waals surface area contributed by atoms with Crippen molar-refractivity contribution in [3.63, 3.8) is 0 Å². The second-order valence-corrected chi connectivity index (χ2v) is 12.9. The molecule has 0 saturated carbocycles. The number of hydrogen-bond donors (Lipinski definition) is 2. The first-order valence-corrected chi connectivity index (χ1v) is 13.3. The Bertz CT molecular complexity index is 1520. The Kier molecular flexibility index (Phi) is 6.01. The summed E-state index contributed by atoms with van der Waals surface area (Å²) in [6, 6.07) is 6.26. The number of benzene rings is 1. The topological polar surface area (TPSA) is 89.7 Å². The number of nitrogens with one attached hydrogen (secondary N) is 2. The lowest BCUT2D eigenvalue weighted by molar-refractivity contribution is 0.435. The van der Waals surface area contributed by atoms with Crippen LogP contribution in [0.2, 0.25) is 4.34 Å². The second kappa shape index (κ2) is 8.68. The molecule has 0 fully saturated rings. The average molecular weight is 526 g/mol. The Balaban J connectivity index is 1.61. The number of nitrogens with zero attached hydrogens (tertiary/aromatic N) is 5. The van der Waals surface area contributed by atoms with Gasteiger partial charge in [0.05, 0.1) is 5.69 Å². The van der Waals surface area contributed by atoms with E-state index in [4.69, 9.17) is 21.6 Å². The summed E-state index contributed by atoms with van der Waals surface area (Å²) >= 11 is 7.94. The van der Waals surface area contributed by atoms with Crippen molar-refractivity contribution in [2.45, 2.75) is 71.9 Å². The Labute approximate surface area is 219 Å². The van der Waals surface area contributed by atoms with Crippen LogP contribution in [0.5, 0.6) is 0 Å². The fourth-order valence-electron chi connectivity index (χ4n) is 4.77. The first kappa shape index (κ1) is 24.9. The number of thiazole rings is 1. The van der Waals surface area contributed by atoms with Crippen molar-refractivity contribution in [3.05, 3.63) is 55.9 Å². The van der Waals surface area contributed by atoms with Gasteiger partial charge in [-0.05, 0) is 37.1 Å². The minimum atomic E-state index is -0.227. The Hall–Kier alpha value is -2.75. The zero-order valence-electron chi connectivity index (χ0n) is 21.7. The molecule has 0 amide bonds. The van der Waals surface area contributed by atoms with Crippen molar-refractivity contribution in [1.82, 2.24) is 29.6 Å². The lowest BCUT2D eigenvalue weighted by Crippen LogP contribution is -2.38. The minimum absolute atomic E-state index is 0.0816. The van der Waals surface area contributed by atoms with Gasteiger partial charge in [0, 0.05) is 41.8 Å². The third-order valence-corrected chi connectivity index (χ3v) is 7.78. The average Bonchev–Trinajstić information content (AvgIpc) is 3.30. The molecule has 36 heavy (non-hydrogen) atoms. The number of anilines is 2. The molecule has 1 aliphatic rings. The van der Waals surface area contributed by atoms with Gasteiger partial charge in [0.2, 0.25) is 11.1 Å². The van der Waals surface area contributed by atoms with Gasteiger partial charge < -0.3 is 10.6 Å². The number of fused-ring (bicyclic) bond motifs is 2. The summed E-state index contributed by atoms with van der Waals surface area (Å²) < 4.78 is 4.05. The molecular formula is C26H32ClN7OS. The Morgan fingerprint density at radius 2 is 1.97 bits per heavy atom. The highest BCUT2D eigenvalue weighted by Gasteiger charge is 2.28. The summed E-state index contributed by atoms with van der Waals surface area (Å²) in [6.45, 7) is 16.4. The van der Waals surface area contributed by atoms with Crippen LogP contribution in [0.4, 0.5) is 11.6 Å². The molecule has 3 aromatic heterocycles. The molecule has 0 aliphatic carbocycles. The molecule has 4 aromatic rings. The van der Waals surface area contributed by atoms with Crippen LogP contribution in [0.3, 0.4) is 0 Å². The molecule has 0 unspecified atom stereocenters. The van der Waals surface area contributed by atoms with E-state index in [1.807, 2.05) is 13.8 Å². The van der Waals surface area contributed by atoms with Gasteiger partial charge >= 0.3 is 0 Å². The fraction of sp³-hybridized carbons (Fsp3) is 0.462. The van der Waals surface area contributed by atoms with E-state index in [1.54, 1.807) is 15.6 Å². The van der Waals surface area contributed by atoms with Crippen molar-refractivity contribution in [2.75, 3.05) is 11.9 Å². The molecule has 0 saturated heterocycles. The largest absolute Gasteiger partial charge is 0.324 e. The fourth-order valence-corrected chi connectivity index (χ4v) is 6.31. The number of halogens is 1. The molecule has 4 heterocycles. The van der Waals surface area contributed by atoms with Crippen molar-refractivity contribution in [2.24, 2.45) is 0 Å². The van der Waals surface area contributed by atoms with Crippen LogP contribution in [0.15, 0.2) is 29.2 Å². The minimum Gasteiger partial charge on any atom is -0.324 e. The van der Waals surface area contributed by atoms with E-state index in [9.17, 15) is 4.79 Å². The van der Waals surface area contributed by atoms with Gasteiger partial charge in [0.15, 0.2) is 5.65 Å². The molecule has 8 nitrogen and oxygen atoms in total. The summed E-state index contributed by atoms with van der Waals surface area (Å²) in [5.41, 5.74) is 4.50. The zero-order chi connectivity index (χ0) is 26.0. The standard InChI is InChI=1S/C26H32ClN7OS/c1-14(2)33-22(35)17-12-29-23(30-16-8-9-18-15(10-16)11-28-13-26(18,6)7)32-21(17)34(33)24-31-19(20(27)36-24)25(3,4)5/h8-10,12,14,28H,11,13H2,1-7H3,(H,29,30,32). The lowest BCUT2D eigenvalue weighted by Gasteiger charge is -2.33. The molecule has 0 atom stereocenters. The smallest absolute Gasteiger partial charge is 0.278 e. The summed E-state index contributed by atoms with van der Waals surface area (Å²) in [5.74, 6) is 0.416. The van der Waals surface area contributed by atoms with E-state index in [0.29, 0.717) is 26.4 Å². The molecule has 0 radical (unpaired) electrons. The third-order valence-electron chi connectivity index (χ3n) is 6.55. The number of rotatable bonds is 4. The van der Waals surface area contributed by atoms with Gasteiger partial charge in [0.25, 0.3) is 5.56 Å². The maximum atomic E-state index is 13.3. The summed E-state index contributed by atoms with van der Waals surface area (Å²) in [7, 11) is 0. The normalized spacial score (nSPS) is 15.5. The van der Waals surface area contributed by atoms with Crippen LogP contribution in [-0.2, 0) is 17.4 Å². The molecule has 0 bridgehead atoms. The maximum absolute atomic E-state index is 13.3. The van der Waals surface area contributed by atoms with Crippen LogP contribution in [0.1, 0.15) is 71.3 Å². The van der Waals surface area contributed by atoms with Gasteiger partial charge in [-0.1, -0.05) is 63.6 Å². The first-order chi connectivity index (χ1) is 16.9. The van der Waals surface area contributed by atoms with Gasteiger partial charge in [-0.15, -0.1) is 0 Å². The molecular weight excluding hydrogens is 494 g/mol. The lowest BCUT2D eigenvalue weighted by atomic mass is 9.79. The molecule has 10 heteroatoms. The van der Waals surface area contributed by atoms with Gasteiger partial charge in [0.1, 0.15) is 9.72 Å². The van der Waals surface area contributed by atoms with Gasteiger partial charge in [-0.3, -0.25) is 4.79 Å². The van der Waals surface area contributed by atoms with Crippen LogP contribution < -0.4 is 16.2 Å². The number of aromatic nitrogens is 5. The van der Waals surface area contributed by atoms with Gasteiger partial charge in [-0.2, -0.15) is 4.98 Å². The molecule has 1 aliphatic heterocycles. The van der Waals surface area contributed by atoms with Crippen molar-refractivity contribution in [1.29, 1.82) is 0 Å². The van der Waals surface area contributed by atoms with Crippen LogP contribution in [0, 0.1) is 0 Å². The highest BCUT2D eigenvalue weighted by Crippen LogP contribution is 2.36. The summed E-state index contributed by atoms with van der Waals surface area (Å²) in [5, 5.41) is 7.87. The molecule has 2 N–H and O–H groups in total. The van der Waals surface area contributed by atoms with Crippen molar-refractivity contribution >= 4 is 45.6 Å². The first-order valence-electron chi connectivity index (χ1n) is 12.2. The van der Waals surface area contributed by atoms with Gasteiger partial charge in [-0.25, -0.2) is 19.3 Å². The van der Waals surface area contributed by atoms with E-state index in [1.165, 1.54) is 22.5 Å². The molecule has 5 rings (SSSR count). The van der Waals surface area contributed by atoms with E-state index in [-0.39, 0.29) is 22.4 Å². The Morgan fingerprint density at radius 1 is 1.22 bits per heavy atom. The van der Waals surface area contributed by atoms with Crippen LogP contribution in [-0.4, -0.2) is 30.9 Å². The predicted octanol–water partition coefficient (Wildman–Crippen LogP) is 5.69. The zero-order valence-corrected chi connectivity index (χ0v) is 23.3. The van der Waals surface area contributed by atoms with Crippen molar-refractivity contribution < 1.29 is 0 Å². The maximum Gasteiger partial charge on any atom is 0.278 e. The second-order valence-electron chi connectivity index (χ2n) is 11.3. The number of hydrogen-bond acceptors (Lipinski definition) is 7. The highest BCUT2D eigenvalue weighted by atomic mass is 35.5. The monoisotopic (exact) mass is 525 g/mol. The summed E-state index contributed by atoms with van der Waals surface area (Å²) in [6.07, 6.45) is 1.59. The van der Waals surface area contributed by atoms with E-state index < -0.39 is 0 Å². The summed E-state index contributed by atoms with van der Waals surface area (Å²) in [4.78, 5) is 27.4. The Morgan fingerprint density at radius 3 is 2.64 bits per heavy atom. The molecule has 0 spiro atoms. The molecule has 190 valence electrons. The SMILES string of the molecule is CC(C)n1c(=O)c2cnc(Nc3ccc4c(c3)CNCC4(C)C)nc2n1-c1nc(C(C)(C)C)c(Cl)s1. The predicted molar refractivity (Wildman–Crippen MR) is 147 cm³/mol. The molecule has 1 aromatic carbocycles. The third kappa shape index (κ3) is 4.23. The quantitative estimate of drug-likeness (QED) is 0.355. The highest BCUT2D eigenvalue weighted by molar-refractivity contribution is 7.18. The van der Waals surface area contributed by atoms with E-state index in [2.05, 4.69) is 68.4 Å². The van der Waals surface area contributed by atoms with E-state index >= 15 is 0 Å². The van der Waals surface area contributed by atoms with E-state index in [0.717, 1.165) is 24.5 Å². The van der Waals surface area contributed by atoms with Crippen molar-refractivity contribution in [3.8, 4) is 5.13 Å². The van der Waals surface area contributed by atoms with Crippen LogP contribution in [0.25, 0.3) is 16.2 Å².